The van der Waals surface area contributed by atoms with Crippen molar-refractivity contribution in [1.29, 1.82) is 0 Å². The lowest BCUT2D eigenvalue weighted by Crippen LogP contribution is -2.06. The van der Waals surface area contributed by atoms with E-state index < -0.39 is 0 Å². The second-order valence-corrected chi connectivity index (χ2v) is 4.34. The summed E-state index contributed by atoms with van der Waals surface area (Å²) in [6.45, 7) is 0. The zero-order valence-electron chi connectivity index (χ0n) is 6.03. The van der Waals surface area contributed by atoms with E-state index in [1.165, 1.54) is 0 Å². The van der Waals surface area contributed by atoms with Crippen molar-refractivity contribution in [2.45, 2.75) is 5.75 Å². The molecule has 1 aromatic heterocycles. The summed E-state index contributed by atoms with van der Waals surface area (Å²) in [7, 11) is 0. The lowest BCUT2D eigenvalue weighted by atomic mass is 10.6. The van der Waals surface area contributed by atoms with Gasteiger partial charge in [0.1, 0.15) is 10.00 Å². The summed E-state index contributed by atoms with van der Waals surface area (Å²) in [6, 6.07) is 0. The fourth-order valence-corrected chi connectivity index (χ4v) is 2.27. The van der Waals surface area contributed by atoms with Crippen molar-refractivity contribution in [2.24, 2.45) is 5.73 Å². The van der Waals surface area contributed by atoms with E-state index in [-0.39, 0.29) is 0 Å². The lowest BCUT2D eigenvalue weighted by Gasteiger charge is -1.87. The summed E-state index contributed by atoms with van der Waals surface area (Å²) in [5.74, 6) is 0.938. The average Bonchev–Trinajstić information content (AvgIpc) is 2.37. The molecule has 0 bridgehead atoms. The van der Waals surface area contributed by atoms with Gasteiger partial charge in [0.05, 0.1) is 4.88 Å². The molecule has 60 valence electrons. The first-order valence-electron chi connectivity index (χ1n) is 2.97. The number of thiocarbonyl (C=S) groups is 1. The van der Waals surface area contributed by atoms with Gasteiger partial charge in [0, 0.05) is 11.9 Å². The fourth-order valence-electron chi connectivity index (χ4n) is 0.614. The number of aromatic nitrogens is 1. The van der Waals surface area contributed by atoms with Crippen molar-refractivity contribution < 1.29 is 0 Å². The molecule has 0 aliphatic rings. The topological polar surface area (TPSA) is 38.9 Å². The van der Waals surface area contributed by atoms with Crippen LogP contribution in [0.2, 0.25) is 0 Å². The maximum Gasteiger partial charge on any atom is 0.115 e. The molecule has 11 heavy (non-hydrogen) atoms. The first-order chi connectivity index (χ1) is 5.24. The molecule has 0 saturated heterocycles. The predicted molar refractivity (Wildman–Crippen MR) is 55.2 cm³/mol. The van der Waals surface area contributed by atoms with Crippen molar-refractivity contribution >= 4 is 40.3 Å². The highest BCUT2D eigenvalue weighted by molar-refractivity contribution is 7.97. The first kappa shape index (κ1) is 8.96. The van der Waals surface area contributed by atoms with E-state index >= 15 is 0 Å². The zero-order chi connectivity index (χ0) is 8.27. The van der Waals surface area contributed by atoms with Crippen molar-refractivity contribution in [3.05, 3.63) is 16.1 Å². The Kier molecular flexibility index (Phi) is 3.29. The largest absolute Gasteiger partial charge is 0.389 e. The van der Waals surface area contributed by atoms with Crippen LogP contribution in [0.15, 0.2) is 6.20 Å². The Morgan fingerprint density at radius 2 is 2.64 bits per heavy atom. The Balaban J connectivity index is 2.73. The van der Waals surface area contributed by atoms with Gasteiger partial charge in [-0.05, 0) is 6.26 Å². The van der Waals surface area contributed by atoms with Crippen molar-refractivity contribution in [1.82, 2.24) is 4.98 Å². The van der Waals surface area contributed by atoms with E-state index in [4.69, 9.17) is 18.0 Å². The summed E-state index contributed by atoms with van der Waals surface area (Å²) >= 11 is 8.11. The van der Waals surface area contributed by atoms with Gasteiger partial charge >= 0.3 is 0 Å². The predicted octanol–water partition coefficient (Wildman–Crippen LogP) is 1.64. The zero-order valence-corrected chi connectivity index (χ0v) is 8.48. The highest BCUT2D eigenvalue weighted by Crippen LogP contribution is 2.16. The molecular formula is C6H8N2S3. The van der Waals surface area contributed by atoms with Crippen molar-refractivity contribution in [2.75, 3.05) is 6.26 Å². The highest BCUT2D eigenvalue weighted by Gasteiger charge is 2.02. The van der Waals surface area contributed by atoms with Gasteiger partial charge in [-0.15, -0.1) is 11.3 Å². The van der Waals surface area contributed by atoms with Crippen LogP contribution in [0.1, 0.15) is 9.88 Å². The van der Waals surface area contributed by atoms with Gasteiger partial charge in [-0.25, -0.2) is 4.98 Å². The highest BCUT2D eigenvalue weighted by atomic mass is 32.2. The summed E-state index contributed by atoms with van der Waals surface area (Å²) in [5, 5.41) is 1.08. The monoisotopic (exact) mass is 204 g/mol. The lowest BCUT2D eigenvalue weighted by molar-refractivity contribution is 1.27. The Bertz CT molecular complexity index is 256. The van der Waals surface area contributed by atoms with Crippen LogP contribution in [-0.4, -0.2) is 16.2 Å². The molecular weight excluding hydrogens is 196 g/mol. The third-order valence-corrected chi connectivity index (χ3v) is 3.19. The van der Waals surface area contributed by atoms with E-state index in [1.54, 1.807) is 29.3 Å². The minimum atomic E-state index is 0.440. The molecule has 1 rings (SSSR count). The molecule has 0 amide bonds. The third-order valence-electron chi connectivity index (χ3n) is 1.06. The summed E-state index contributed by atoms with van der Waals surface area (Å²) in [4.78, 5) is 5.50. The van der Waals surface area contributed by atoms with Crippen LogP contribution in [0.4, 0.5) is 0 Å². The number of hydrogen-bond donors (Lipinski definition) is 1. The minimum Gasteiger partial charge on any atom is -0.389 e. The molecule has 0 aromatic carbocycles. The molecule has 1 heterocycles. The Morgan fingerprint density at radius 3 is 3.09 bits per heavy atom. The molecule has 5 heteroatoms. The maximum atomic E-state index is 5.42. The van der Waals surface area contributed by atoms with Gasteiger partial charge in [0.25, 0.3) is 0 Å². The van der Waals surface area contributed by atoms with E-state index in [2.05, 4.69) is 4.98 Å². The Hall–Kier alpha value is -0.130. The fraction of sp³-hybridized carbons (Fsp3) is 0.333. The van der Waals surface area contributed by atoms with Crippen LogP contribution in [0, 0.1) is 0 Å². The quantitative estimate of drug-likeness (QED) is 0.760. The number of nitrogens with zero attached hydrogens (tertiary/aromatic N) is 1. The van der Waals surface area contributed by atoms with Gasteiger partial charge in [-0.2, -0.15) is 11.8 Å². The third kappa shape index (κ3) is 2.43. The van der Waals surface area contributed by atoms with Gasteiger partial charge in [0.15, 0.2) is 0 Å². The first-order valence-corrected chi connectivity index (χ1v) is 5.59. The number of thiazole rings is 1. The van der Waals surface area contributed by atoms with Gasteiger partial charge in [0.2, 0.25) is 0 Å². The molecule has 1 aromatic rings. The van der Waals surface area contributed by atoms with E-state index in [0.717, 1.165) is 15.6 Å². The molecule has 0 aliphatic heterocycles. The molecule has 2 nitrogen and oxygen atoms in total. The standard InChI is InChI=1S/C6H8N2S3/c1-10-3-5-8-2-4(11-5)6(7)9/h2H,3H2,1H3,(H2,7,9). The number of thioether (sulfide) groups is 1. The minimum absolute atomic E-state index is 0.440. The second kappa shape index (κ2) is 4.04. The van der Waals surface area contributed by atoms with Crippen LogP contribution in [0.25, 0.3) is 0 Å². The molecule has 0 aliphatic carbocycles. The van der Waals surface area contributed by atoms with Crippen LogP contribution in [0.3, 0.4) is 0 Å². The van der Waals surface area contributed by atoms with E-state index in [0.29, 0.717) is 4.99 Å². The molecule has 0 spiro atoms. The van der Waals surface area contributed by atoms with E-state index in [1.807, 2.05) is 6.26 Å². The molecule has 0 atom stereocenters. The summed E-state index contributed by atoms with van der Waals surface area (Å²) in [6.07, 6.45) is 3.78. The van der Waals surface area contributed by atoms with Gasteiger partial charge in [-0.1, -0.05) is 12.2 Å². The van der Waals surface area contributed by atoms with Crippen LogP contribution in [0.5, 0.6) is 0 Å². The van der Waals surface area contributed by atoms with Crippen molar-refractivity contribution in [3.63, 3.8) is 0 Å². The van der Waals surface area contributed by atoms with Gasteiger partial charge in [-0.3, -0.25) is 0 Å². The molecule has 0 fully saturated rings. The number of nitrogens with two attached hydrogens (primary N) is 1. The number of rotatable bonds is 3. The second-order valence-electron chi connectivity index (χ2n) is 1.92. The summed E-state index contributed by atoms with van der Waals surface area (Å²) < 4.78 is 0. The van der Waals surface area contributed by atoms with Crippen molar-refractivity contribution in [3.8, 4) is 0 Å². The molecule has 0 saturated carbocycles. The van der Waals surface area contributed by atoms with Crippen LogP contribution < -0.4 is 5.73 Å². The molecule has 0 unspecified atom stereocenters. The Labute approximate surface area is 79.2 Å². The van der Waals surface area contributed by atoms with Crippen LogP contribution >= 0.6 is 35.3 Å². The van der Waals surface area contributed by atoms with Gasteiger partial charge < -0.3 is 5.73 Å². The van der Waals surface area contributed by atoms with E-state index in [9.17, 15) is 0 Å². The molecule has 0 radical (unpaired) electrons. The number of hydrogen-bond acceptors (Lipinski definition) is 4. The SMILES string of the molecule is CSCc1ncc(C(N)=S)s1. The maximum absolute atomic E-state index is 5.42. The Morgan fingerprint density at radius 1 is 1.91 bits per heavy atom. The summed E-state index contributed by atoms with van der Waals surface area (Å²) in [5.41, 5.74) is 5.42. The average molecular weight is 204 g/mol. The normalized spacial score (nSPS) is 9.91. The van der Waals surface area contributed by atoms with Crippen LogP contribution in [-0.2, 0) is 5.75 Å². The molecule has 2 N–H and O–H groups in total. The smallest absolute Gasteiger partial charge is 0.115 e.